The first-order valence-corrected chi connectivity index (χ1v) is 14.0. The van der Waals surface area contributed by atoms with Gasteiger partial charge in [-0.1, -0.05) is 60.7 Å². The molecule has 1 aliphatic carbocycles. The van der Waals surface area contributed by atoms with Crippen molar-refractivity contribution in [3.8, 4) is 16.9 Å². The smallest absolute Gasteiger partial charge is 0.261 e. The van der Waals surface area contributed by atoms with Crippen LogP contribution in [0.25, 0.3) is 11.1 Å². The van der Waals surface area contributed by atoms with E-state index >= 15 is 0 Å². The molecule has 1 atom stereocenters. The van der Waals surface area contributed by atoms with Crippen LogP contribution in [-0.2, 0) is 22.9 Å². The van der Waals surface area contributed by atoms with Crippen LogP contribution in [0.3, 0.4) is 0 Å². The number of rotatable bonds is 7. The zero-order valence-corrected chi connectivity index (χ0v) is 22.3. The van der Waals surface area contributed by atoms with E-state index < -0.39 is 10.0 Å². The summed E-state index contributed by atoms with van der Waals surface area (Å²) < 4.78 is 35.5. The fourth-order valence-corrected chi connectivity index (χ4v) is 6.42. The number of hydrogen-bond acceptors (Lipinski definition) is 4. The van der Waals surface area contributed by atoms with Gasteiger partial charge in [-0.2, -0.15) is 0 Å². The zero-order valence-electron chi connectivity index (χ0n) is 21.4. The molecule has 0 heterocycles. The van der Waals surface area contributed by atoms with E-state index in [-0.39, 0.29) is 10.9 Å². The van der Waals surface area contributed by atoms with E-state index in [1.807, 2.05) is 48.5 Å². The van der Waals surface area contributed by atoms with Gasteiger partial charge >= 0.3 is 0 Å². The maximum Gasteiger partial charge on any atom is 0.261 e. The van der Waals surface area contributed by atoms with Gasteiger partial charge in [0.2, 0.25) is 0 Å². The number of methoxy groups -OCH3 is 1. The normalized spacial score (nSPS) is 15.1. The summed E-state index contributed by atoms with van der Waals surface area (Å²) in [4.78, 5) is 2.58. The highest BCUT2D eigenvalue weighted by Gasteiger charge is 2.28. The highest BCUT2D eigenvalue weighted by atomic mass is 32.2. The first-order valence-electron chi connectivity index (χ1n) is 12.5. The minimum absolute atomic E-state index is 0.242. The number of hydrogen-bond donors (Lipinski definition) is 1. The van der Waals surface area contributed by atoms with Crippen LogP contribution in [0.15, 0.2) is 95.9 Å². The highest BCUT2D eigenvalue weighted by Crippen LogP contribution is 2.38. The van der Waals surface area contributed by atoms with E-state index in [0.717, 1.165) is 47.3 Å². The number of nitrogens with zero attached hydrogens (tertiary/aromatic N) is 1. The van der Waals surface area contributed by atoms with Crippen LogP contribution >= 0.6 is 0 Å². The molecule has 6 heteroatoms. The quantitative estimate of drug-likeness (QED) is 0.309. The first-order chi connectivity index (χ1) is 17.9. The molecular formula is C31H32N2O3S. The van der Waals surface area contributed by atoms with Gasteiger partial charge in [-0.05, 0) is 78.8 Å². The van der Waals surface area contributed by atoms with Gasteiger partial charge in [0.25, 0.3) is 10.0 Å². The van der Waals surface area contributed by atoms with Crippen LogP contribution in [-0.4, -0.2) is 28.6 Å². The molecule has 0 radical (unpaired) electrons. The third-order valence-electron chi connectivity index (χ3n) is 7.31. The number of para-hydroxylation sites is 1. The Hall–Kier alpha value is -3.77. The van der Waals surface area contributed by atoms with Gasteiger partial charge in [-0.25, -0.2) is 8.42 Å². The van der Waals surface area contributed by atoms with Gasteiger partial charge in [0.05, 0.1) is 17.7 Å². The van der Waals surface area contributed by atoms with Crippen molar-refractivity contribution in [1.82, 2.24) is 0 Å². The second kappa shape index (κ2) is 10.3. The summed E-state index contributed by atoms with van der Waals surface area (Å²) in [5, 5.41) is 0. The van der Waals surface area contributed by atoms with Gasteiger partial charge < -0.3 is 9.64 Å². The minimum atomic E-state index is -3.78. The Morgan fingerprint density at radius 1 is 0.865 bits per heavy atom. The molecule has 0 spiro atoms. The Bertz CT molecular complexity index is 1520. The van der Waals surface area contributed by atoms with E-state index in [1.165, 1.54) is 11.3 Å². The third kappa shape index (κ3) is 5.07. The van der Waals surface area contributed by atoms with E-state index in [0.29, 0.717) is 5.69 Å². The first kappa shape index (κ1) is 24.9. The van der Waals surface area contributed by atoms with Gasteiger partial charge in [0.15, 0.2) is 0 Å². The largest absolute Gasteiger partial charge is 0.496 e. The number of benzene rings is 4. The SMILES string of the molecule is COc1ccc(NS(=O)(=O)c2cccc(-c3ccccc3)c2)c2c1C[C@@H](N(C)c1ccccc1C)CC2. The summed E-state index contributed by atoms with van der Waals surface area (Å²) in [6.07, 6.45) is 2.46. The molecule has 5 rings (SSSR count). The van der Waals surface area contributed by atoms with Crippen molar-refractivity contribution in [2.45, 2.75) is 37.1 Å². The average molecular weight is 513 g/mol. The molecule has 5 nitrogen and oxygen atoms in total. The second-order valence-corrected chi connectivity index (χ2v) is 11.2. The lowest BCUT2D eigenvalue weighted by molar-refractivity contribution is 0.402. The molecule has 0 aliphatic heterocycles. The molecule has 4 aromatic carbocycles. The highest BCUT2D eigenvalue weighted by molar-refractivity contribution is 7.92. The van der Waals surface area contributed by atoms with Crippen LogP contribution in [0, 0.1) is 6.92 Å². The number of anilines is 2. The summed E-state index contributed by atoms with van der Waals surface area (Å²) in [5.74, 6) is 0.798. The molecule has 0 saturated carbocycles. The van der Waals surface area contributed by atoms with Crippen LogP contribution in [0.1, 0.15) is 23.1 Å². The number of nitrogens with one attached hydrogen (secondary N) is 1. The topological polar surface area (TPSA) is 58.6 Å². The summed E-state index contributed by atoms with van der Waals surface area (Å²) in [5.41, 5.74) is 6.99. The lowest BCUT2D eigenvalue weighted by atomic mass is 9.85. The maximum atomic E-state index is 13.5. The molecule has 190 valence electrons. The number of ether oxygens (including phenoxy) is 1. The van der Waals surface area contributed by atoms with Gasteiger partial charge in [-0.15, -0.1) is 0 Å². The average Bonchev–Trinajstić information content (AvgIpc) is 2.93. The van der Waals surface area contributed by atoms with Crippen molar-refractivity contribution in [2.24, 2.45) is 0 Å². The van der Waals surface area contributed by atoms with Crippen LogP contribution in [0.4, 0.5) is 11.4 Å². The predicted molar refractivity (Wildman–Crippen MR) is 151 cm³/mol. The zero-order chi connectivity index (χ0) is 26.0. The molecule has 0 saturated heterocycles. The standard InChI is InChI=1S/C31H32N2O3S/c1-22-10-7-8-15-30(22)33(2)25-16-17-27-28(21-25)31(36-3)19-18-29(27)32-37(34,35)26-14-9-13-24(20-26)23-11-5-4-6-12-23/h4-15,18-20,25,32H,16-17,21H2,1-3H3/t25-/m0/s1. The monoisotopic (exact) mass is 512 g/mol. The van der Waals surface area contributed by atoms with Crippen LogP contribution in [0.2, 0.25) is 0 Å². The van der Waals surface area contributed by atoms with Crippen molar-refractivity contribution in [2.75, 3.05) is 23.8 Å². The minimum Gasteiger partial charge on any atom is -0.496 e. The Balaban J connectivity index is 1.44. The fourth-order valence-electron chi connectivity index (χ4n) is 5.28. The van der Waals surface area contributed by atoms with E-state index in [1.54, 1.807) is 25.3 Å². The Kier molecular flexibility index (Phi) is 6.94. The van der Waals surface area contributed by atoms with E-state index in [2.05, 4.69) is 47.9 Å². The Morgan fingerprint density at radius 2 is 1.59 bits per heavy atom. The summed E-state index contributed by atoms with van der Waals surface area (Å²) >= 11 is 0. The molecule has 0 amide bonds. The van der Waals surface area contributed by atoms with Crippen molar-refractivity contribution >= 4 is 21.4 Å². The van der Waals surface area contributed by atoms with E-state index in [9.17, 15) is 8.42 Å². The van der Waals surface area contributed by atoms with Gasteiger partial charge in [0, 0.05) is 24.3 Å². The molecular weight excluding hydrogens is 480 g/mol. The van der Waals surface area contributed by atoms with Gasteiger partial charge in [0.1, 0.15) is 5.75 Å². The molecule has 37 heavy (non-hydrogen) atoms. The molecule has 1 aliphatic rings. The molecule has 4 aromatic rings. The van der Waals surface area contributed by atoms with Crippen molar-refractivity contribution < 1.29 is 13.2 Å². The summed E-state index contributed by atoms with van der Waals surface area (Å²) in [6.45, 7) is 2.13. The van der Waals surface area contributed by atoms with Crippen molar-refractivity contribution in [3.05, 3.63) is 108 Å². The third-order valence-corrected chi connectivity index (χ3v) is 8.68. The number of sulfonamides is 1. The molecule has 0 unspecified atom stereocenters. The Morgan fingerprint density at radius 3 is 2.35 bits per heavy atom. The lowest BCUT2D eigenvalue weighted by Crippen LogP contribution is -2.37. The number of likely N-dealkylation sites (N-methyl/N-ethyl adjacent to an activating group) is 1. The van der Waals surface area contributed by atoms with Crippen molar-refractivity contribution in [3.63, 3.8) is 0 Å². The van der Waals surface area contributed by atoms with Crippen LogP contribution < -0.4 is 14.4 Å². The molecule has 0 fully saturated rings. The maximum absolute atomic E-state index is 13.5. The molecule has 0 bridgehead atoms. The fraction of sp³-hybridized carbons (Fsp3) is 0.226. The van der Waals surface area contributed by atoms with Crippen molar-refractivity contribution in [1.29, 1.82) is 0 Å². The predicted octanol–water partition coefficient (Wildman–Crippen LogP) is 6.47. The summed E-state index contributed by atoms with van der Waals surface area (Å²) in [6, 6.07) is 29.2. The summed E-state index contributed by atoms with van der Waals surface area (Å²) in [7, 11) is 0.0289. The lowest BCUT2D eigenvalue weighted by Gasteiger charge is -2.36. The molecule has 0 aromatic heterocycles. The number of fused-ring (bicyclic) bond motifs is 1. The van der Waals surface area contributed by atoms with E-state index in [4.69, 9.17) is 4.74 Å². The second-order valence-electron chi connectivity index (χ2n) is 9.57. The Labute approximate surface area is 219 Å². The van der Waals surface area contributed by atoms with Gasteiger partial charge in [-0.3, -0.25) is 4.72 Å². The number of aryl methyl sites for hydroxylation is 1. The molecule has 1 N–H and O–H groups in total. The van der Waals surface area contributed by atoms with Crippen LogP contribution in [0.5, 0.6) is 5.75 Å².